The molecule has 0 N–H and O–H groups in total. The number of amides is 1. The molecule has 2 fully saturated rings. The number of carbonyl (C=O) groups excluding carboxylic acids is 1. The maximum atomic E-state index is 14.2. The van der Waals surface area contributed by atoms with Crippen LogP contribution in [0.25, 0.3) is 11.3 Å². The molecule has 1 unspecified atom stereocenters. The zero-order valence-electron chi connectivity index (χ0n) is 19.9. The summed E-state index contributed by atoms with van der Waals surface area (Å²) in [6, 6.07) is 16.6. The van der Waals surface area contributed by atoms with Crippen molar-refractivity contribution in [3.05, 3.63) is 66.7 Å². The highest BCUT2D eigenvalue weighted by molar-refractivity contribution is 5.80. The van der Waals surface area contributed by atoms with Crippen molar-refractivity contribution in [2.75, 3.05) is 56.2 Å². The smallest absolute Gasteiger partial charge is 0.227 e. The number of ether oxygens (including phenoxy) is 1. The lowest BCUT2D eigenvalue weighted by Gasteiger charge is -2.40. The summed E-state index contributed by atoms with van der Waals surface area (Å²) < 4.78 is 19.4. The quantitative estimate of drug-likeness (QED) is 0.559. The first-order chi connectivity index (χ1) is 17.1. The van der Waals surface area contributed by atoms with E-state index >= 15 is 0 Å². The number of para-hydroxylation sites is 1. The molecule has 2 saturated heterocycles. The summed E-state index contributed by atoms with van der Waals surface area (Å²) in [4.78, 5) is 28.4. The van der Waals surface area contributed by atoms with Gasteiger partial charge in [0.25, 0.3) is 0 Å². The number of benzene rings is 2. The number of hydrogen-bond donors (Lipinski definition) is 0. The summed E-state index contributed by atoms with van der Waals surface area (Å²) in [7, 11) is 1.65. The number of hydrogen-bond acceptors (Lipinski definition) is 6. The van der Waals surface area contributed by atoms with Crippen molar-refractivity contribution in [3.8, 4) is 17.0 Å². The molecule has 182 valence electrons. The van der Waals surface area contributed by atoms with Gasteiger partial charge in [0.05, 0.1) is 24.4 Å². The lowest BCUT2D eigenvalue weighted by molar-refractivity contribution is -0.136. The van der Waals surface area contributed by atoms with Gasteiger partial charge in [-0.3, -0.25) is 4.79 Å². The lowest BCUT2D eigenvalue weighted by Crippen LogP contribution is -2.52. The van der Waals surface area contributed by atoms with Crippen LogP contribution in [0.1, 0.15) is 12.8 Å². The van der Waals surface area contributed by atoms with E-state index in [-0.39, 0.29) is 17.6 Å². The average molecular weight is 476 g/mol. The Morgan fingerprint density at radius 2 is 1.74 bits per heavy atom. The lowest BCUT2D eigenvalue weighted by atomic mass is 9.96. The number of piperidine rings is 1. The number of piperazine rings is 1. The molecular weight excluding hydrogens is 445 g/mol. The number of carbonyl (C=O) groups is 1. The molecule has 1 aromatic heterocycles. The molecule has 3 aromatic rings. The normalized spacial score (nSPS) is 18.5. The van der Waals surface area contributed by atoms with Crippen molar-refractivity contribution in [1.82, 2.24) is 14.9 Å². The zero-order chi connectivity index (χ0) is 24.2. The van der Waals surface area contributed by atoms with Crippen LogP contribution in [0.15, 0.2) is 60.9 Å². The van der Waals surface area contributed by atoms with E-state index in [1.807, 2.05) is 46.2 Å². The first-order valence-corrected chi connectivity index (χ1v) is 12.1. The van der Waals surface area contributed by atoms with Gasteiger partial charge in [-0.05, 0) is 49.2 Å². The minimum absolute atomic E-state index is 0.0665. The Hall–Kier alpha value is -3.68. The SMILES string of the molecule is COc1ccc(-c2cc(N3CCCC(C(=O)N4CCN(c5ccccc5F)CC4)C3)ncn2)cc1. The van der Waals surface area contributed by atoms with Crippen LogP contribution >= 0.6 is 0 Å². The zero-order valence-corrected chi connectivity index (χ0v) is 19.9. The van der Waals surface area contributed by atoms with E-state index in [0.717, 1.165) is 42.2 Å². The second-order valence-electron chi connectivity index (χ2n) is 9.04. The van der Waals surface area contributed by atoms with Crippen molar-refractivity contribution in [1.29, 1.82) is 0 Å². The first kappa shape index (κ1) is 23.1. The van der Waals surface area contributed by atoms with Gasteiger partial charge >= 0.3 is 0 Å². The van der Waals surface area contributed by atoms with E-state index in [2.05, 4.69) is 14.9 Å². The number of aromatic nitrogens is 2. The van der Waals surface area contributed by atoms with Gasteiger partial charge in [0.2, 0.25) is 5.91 Å². The Morgan fingerprint density at radius 3 is 2.49 bits per heavy atom. The second-order valence-corrected chi connectivity index (χ2v) is 9.04. The predicted octanol–water partition coefficient (Wildman–Crippen LogP) is 3.86. The topological polar surface area (TPSA) is 61.8 Å². The first-order valence-electron chi connectivity index (χ1n) is 12.1. The number of halogens is 1. The minimum Gasteiger partial charge on any atom is -0.497 e. The highest BCUT2D eigenvalue weighted by atomic mass is 19.1. The fourth-order valence-corrected chi connectivity index (χ4v) is 4.96. The van der Waals surface area contributed by atoms with Gasteiger partial charge in [-0.1, -0.05) is 12.1 Å². The Labute approximate surface area is 205 Å². The maximum Gasteiger partial charge on any atom is 0.227 e. The van der Waals surface area contributed by atoms with E-state index < -0.39 is 0 Å². The molecule has 7 nitrogen and oxygen atoms in total. The van der Waals surface area contributed by atoms with Crippen LogP contribution in [0.2, 0.25) is 0 Å². The highest BCUT2D eigenvalue weighted by Gasteiger charge is 2.32. The van der Waals surface area contributed by atoms with Gasteiger partial charge in [-0.2, -0.15) is 0 Å². The summed E-state index contributed by atoms with van der Waals surface area (Å²) in [6.45, 7) is 4.01. The standard InChI is InChI=1S/C27H30FN5O2/c1-35-22-10-8-20(9-11-22)24-17-26(30-19-29-24)33-12-4-5-21(18-33)27(34)32-15-13-31(14-16-32)25-7-3-2-6-23(25)28/h2-3,6-11,17,19,21H,4-5,12-16,18H2,1H3. The molecule has 0 bridgehead atoms. The van der Waals surface area contributed by atoms with Crippen LogP contribution in [-0.2, 0) is 4.79 Å². The van der Waals surface area contributed by atoms with E-state index in [1.54, 1.807) is 25.6 Å². The molecule has 3 heterocycles. The van der Waals surface area contributed by atoms with E-state index in [1.165, 1.54) is 6.07 Å². The summed E-state index contributed by atoms with van der Waals surface area (Å²) in [5.41, 5.74) is 2.45. The fourth-order valence-electron chi connectivity index (χ4n) is 4.96. The van der Waals surface area contributed by atoms with Crippen LogP contribution < -0.4 is 14.5 Å². The maximum absolute atomic E-state index is 14.2. The van der Waals surface area contributed by atoms with Crippen molar-refractivity contribution in [3.63, 3.8) is 0 Å². The third-order valence-electron chi connectivity index (χ3n) is 6.92. The van der Waals surface area contributed by atoms with E-state index in [4.69, 9.17) is 4.74 Å². The van der Waals surface area contributed by atoms with E-state index in [9.17, 15) is 9.18 Å². The molecule has 5 rings (SSSR count). The van der Waals surface area contributed by atoms with Crippen LogP contribution in [0.3, 0.4) is 0 Å². The molecule has 1 atom stereocenters. The second kappa shape index (κ2) is 10.3. The Kier molecular flexibility index (Phi) is 6.79. The predicted molar refractivity (Wildman–Crippen MR) is 134 cm³/mol. The highest BCUT2D eigenvalue weighted by Crippen LogP contribution is 2.28. The molecule has 0 radical (unpaired) electrons. The van der Waals surface area contributed by atoms with Crippen molar-refractivity contribution in [2.24, 2.45) is 5.92 Å². The summed E-state index contributed by atoms with van der Waals surface area (Å²) in [5, 5.41) is 0. The van der Waals surface area contributed by atoms with Gasteiger partial charge in [0, 0.05) is 50.9 Å². The van der Waals surface area contributed by atoms with Gasteiger partial charge < -0.3 is 19.4 Å². The molecule has 0 spiro atoms. The molecule has 35 heavy (non-hydrogen) atoms. The molecule has 2 aliphatic heterocycles. The molecular formula is C27H30FN5O2. The Bertz CT molecular complexity index is 1160. The molecule has 1 amide bonds. The Morgan fingerprint density at radius 1 is 0.971 bits per heavy atom. The van der Waals surface area contributed by atoms with Gasteiger partial charge in [-0.25, -0.2) is 14.4 Å². The minimum atomic E-state index is -0.214. The van der Waals surface area contributed by atoms with Crippen LogP contribution in [0.5, 0.6) is 5.75 Å². The number of rotatable bonds is 5. The number of methoxy groups -OCH3 is 1. The third kappa shape index (κ3) is 5.06. The van der Waals surface area contributed by atoms with Crippen LogP contribution in [0.4, 0.5) is 15.9 Å². The molecule has 0 saturated carbocycles. The number of anilines is 2. The monoisotopic (exact) mass is 475 g/mol. The molecule has 2 aromatic carbocycles. The number of nitrogens with zero attached hydrogens (tertiary/aromatic N) is 5. The van der Waals surface area contributed by atoms with Crippen molar-refractivity contribution in [2.45, 2.75) is 12.8 Å². The van der Waals surface area contributed by atoms with Crippen LogP contribution in [-0.4, -0.2) is 67.2 Å². The summed E-state index contributed by atoms with van der Waals surface area (Å²) in [6.07, 6.45) is 3.40. The van der Waals surface area contributed by atoms with Crippen molar-refractivity contribution < 1.29 is 13.9 Å². The average Bonchev–Trinajstić information content (AvgIpc) is 2.93. The van der Waals surface area contributed by atoms with Gasteiger partial charge in [0.1, 0.15) is 23.7 Å². The molecule has 2 aliphatic rings. The fraction of sp³-hybridized carbons (Fsp3) is 0.370. The van der Waals surface area contributed by atoms with Crippen molar-refractivity contribution >= 4 is 17.4 Å². The van der Waals surface area contributed by atoms with E-state index in [0.29, 0.717) is 38.4 Å². The third-order valence-corrected chi connectivity index (χ3v) is 6.92. The van der Waals surface area contributed by atoms with Gasteiger partial charge in [-0.15, -0.1) is 0 Å². The molecule has 8 heteroatoms. The molecule has 0 aliphatic carbocycles. The van der Waals surface area contributed by atoms with Gasteiger partial charge in [0.15, 0.2) is 0 Å². The summed E-state index contributed by atoms with van der Waals surface area (Å²) >= 11 is 0. The van der Waals surface area contributed by atoms with Crippen LogP contribution in [0, 0.1) is 11.7 Å². The Balaban J connectivity index is 1.22. The summed E-state index contributed by atoms with van der Waals surface area (Å²) in [5.74, 6) is 1.55. The largest absolute Gasteiger partial charge is 0.497 e.